The highest BCUT2D eigenvalue weighted by Gasteiger charge is 2.34. The number of amides is 3. The lowest BCUT2D eigenvalue weighted by molar-refractivity contribution is -0.895. The Morgan fingerprint density at radius 1 is 1.09 bits per heavy atom. The fourth-order valence-electron chi connectivity index (χ4n) is 2.73. The van der Waals surface area contributed by atoms with Crippen LogP contribution >= 0.6 is 0 Å². The lowest BCUT2D eigenvalue weighted by Gasteiger charge is -2.16. The second-order valence-electron chi connectivity index (χ2n) is 5.61. The molecule has 0 radical (unpaired) electrons. The van der Waals surface area contributed by atoms with E-state index in [0.29, 0.717) is 17.7 Å². The van der Waals surface area contributed by atoms with Gasteiger partial charge in [-0.2, -0.15) is 0 Å². The molecule has 0 aromatic heterocycles. The van der Waals surface area contributed by atoms with Crippen molar-refractivity contribution in [2.24, 2.45) is 0 Å². The van der Waals surface area contributed by atoms with Gasteiger partial charge in [-0.05, 0) is 26.0 Å². The van der Waals surface area contributed by atoms with Crippen molar-refractivity contribution in [3.63, 3.8) is 0 Å². The van der Waals surface area contributed by atoms with Gasteiger partial charge in [0.2, 0.25) is 5.91 Å². The third-order valence-electron chi connectivity index (χ3n) is 4.24. The number of nitrogens with one attached hydrogen (secondary N) is 2. The van der Waals surface area contributed by atoms with Crippen LogP contribution in [0.15, 0.2) is 24.3 Å². The summed E-state index contributed by atoms with van der Waals surface area (Å²) in [6, 6.07) is 6.75. The van der Waals surface area contributed by atoms with Crippen LogP contribution in [0.3, 0.4) is 0 Å². The molecule has 23 heavy (non-hydrogen) atoms. The maximum absolute atomic E-state index is 12.2. The van der Waals surface area contributed by atoms with E-state index < -0.39 is 0 Å². The number of quaternary nitrogens is 1. The molecule has 124 valence electrons. The van der Waals surface area contributed by atoms with Crippen molar-refractivity contribution < 1.29 is 19.3 Å². The standard InChI is InChI=1S/C17H23N3O3/c1-3-19(4-2)12-10-18-15(21)9-11-20-16(22)13-7-5-6-8-14(13)17(20)23/h5-8H,3-4,9-12H2,1-2H3,(H,18,21)/p+1. The topological polar surface area (TPSA) is 70.9 Å². The van der Waals surface area contributed by atoms with Crippen LogP contribution in [-0.2, 0) is 4.79 Å². The molecule has 6 nitrogen and oxygen atoms in total. The molecule has 0 aliphatic carbocycles. The van der Waals surface area contributed by atoms with Crippen LogP contribution in [0.2, 0.25) is 0 Å². The lowest BCUT2D eigenvalue weighted by Crippen LogP contribution is -3.12. The maximum Gasteiger partial charge on any atom is 0.261 e. The minimum Gasteiger partial charge on any atom is -0.350 e. The van der Waals surface area contributed by atoms with Crippen LogP contribution in [0.4, 0.5) is 0 Å². The molecule has 1 aliphatic heterocycles. The SMILES string of the molecule is CC[NH+](CC)CCNC(=O)CCN1C(=O)c2ccccc2C1=O. The predicted molar refractivity (Wildman–Crippen MR) is 86.3 cm³/mol. The summed E-state index contributed by atoms with van der Waals surface area (Å²) in [5, 5.41) is 2.85. The van der Waals surface area contributed by atoms with E-state index in [1.165, 1.54) is 4.90 Å². The van der Waals surface area contributed by atoms with Gasteiger partial charge in [0.05, 0.1) is 37.3 Å². The van der Waals surface area contributed by atoms with Gasteiger partial charge in [0.1, 0.15) is 0 Å². The van der Waals surface area contributed by atoms with Crippen molar-refractivity contribution in [3.05, 3.63) is 35.4 Å². The monoisotopic (exact) mass is 318 g/mol. The van der Waals surface area contributed by atoms with Gasteiger partial charge in [0.15, 0.2) is 0 Å². The first-order valence-electron chi connectivity index (χ1n) is 8.14. The predicted octanol–water partition coefficient (Wildman–Crippen LogP) is -0.286. The molecule has 0 spiro atoms. The first-order chi connectivity index (χ1) is 11.1. The fraction of sp³-hybridized carbons (Fsp3) is 0.471. The van der Waals surface area contributed by atoms with Gasteiger partial charge in [0.25, 0.3) is 11.8 Å². The van der Waals surface area contributed by atoms with Crippen LogP contribution in [0.1, 0.15) is 41.0 Å². The molecular weight excluding hydrogens is 294 g/mol. The van der Waals surface area contributed by atoms with Gasteiger partial charge < -0.3 is 10.2 Å². The molecule has 0 saturated carbocycles. The zero-order valence-electron chi connectivity index (χ0n) is 13.7. The summed E-state index contributed by atoms with van der Waals surface area (Å²) in [5.41, 5.74) is 0.839. The fourth-order valence-corrected chi connectivity index (χ4v) is 2.73. The minimum absolute atomic E-state index is 0.121. The van der Waals surface area contributed by atoms with E-state index in [-0.39, 0.29) is 30.7 Å². The summed E-state index contributed by atoms with van der Waals surface area (Å²) in [4.78, 5) is 38.8. The number of carbonyl (C=O) groups is 3. The van der Waals surface area contributed by atoms with Crippen molar-refractivity contribution in [3.8, 4) is 0 Å². The number of nitrogens with zero attached hydrogens (tertiary/aromatic N) is 1. The van der Waals surface area contributed by atoms with Gasteiger partial charge >= 0.3 is 0 Å². The van der Waals surface area contributed by atoms with Crippen molar-refractivity contribution in [1.82, 2.24) is 10.2 Å². The Kier molecular flexibility index (Phi) is 5.87. The van der Waals surface area contributed by atoms with Crippen LogP contribution < -0.4 is 10.2 Å². The third-order valence-corrected chi connectivity index (χ3v) is 4.24. The number of likely N-dealkylation sites (N-methyl/N-ethyl adjacent to an activating group) is 1. The summed E-state index contributed by atoms with van der Waals surface area (Å²) >= 11 is 0. The minimum atomic E-state index is -0.314. The number of rotatable bonds is 8. The van der Waals surface area contributed by atoms with Crippen molar-refractivity contribution in [1.29, 1.82) is 0 Å². The van der Waals surface area contributed by atoms with E-state index >= 15 is 0 Å². The van der Waals surface area contributed by atoms with Gasteiger partial charge in [-0.25, -0.2) is 0 Å². The molecule has 3 amide bonds. The molecule has 0 fully saturated rings. The summed E-state index contributed by atoms with van der Waals surface area (Å²) in [7, 11) is 0. The highest BCUT2D eigenvalue weighted by Crippen LogP contribution is 2.22. The quantitative estimate of drug-likeness (QED) is 0.647. The third kappa shape index (κ3) is 3.96. The molecule has 6 heteroatoms. The summed E-state index contributed by atoms with van der Waals surface area (Å²) in [6.07, 6.45) is 0.138. The Balaban J connectivity index is 1.80. The average Bonchev–Trinajstić information content (AvgIpc) is 2.81. The molecule has 1 aromatic carbocycles. The Morgan fingerprint density at radius 2 is 1.65 bits per heavy atom. The Bertz CT molecular complexity index is 562. The van der Waals surface area contributed by atoms with Crippen LogP contribution in [0, 0.1) is 0 Å². The number of benzene rings is 1. The lowest BCUT2D eigenvalue weighted by atomic mass is 10.1. The average molecular weight is 318 g/mol. The second kappa shape index (κ2) is 7.87. The zero-order chi connectivity index (χ0) is 16.8. The second-order valence-corrected chi connectivity index (χ2v) is 5.61. The highest BCUT2D eigenvalue weighted by molar-refractivity contribution is 6.21. The van der Waals surface area contributed by atoms with Crippen LogP contribution in [0.5, 0.6) is 0 Å². The molecule has 1 aliphatic rings. The largest absolute Gasteiger partial charge is 0.350 e. The molecule has 1 aromatic rings. The molecule has 1 heterocycles. The van der Waals surface area contributed by atoms with Crippen molar-refractivity contribution in [2.75, 3.05) is 32.7 Å². The Morgan fingerprint density at radius 3 is 2.17 bits per heavy atom. The molecule has 2 rings (SSSR count). The molecule has 0 unspecified atom stereocenters. The van der Waals surface area contributed by atoms with Crippen LogP contribution in [-0.4, -0.2) is 55.3 Å². The number of imide groups is 1. The van der Waals surface area contributed by atoms with Gasteiger partial charge in [-0.1, -0.05) is 12.1 Å². The van der Waals surface area contributed by atoms with Crippen LogP contribution in [0.25, 0.3) is 0 Å². The maximum atomic E-state index is 12.2. The Labute approximate surface area is 136 Å². The number of hydrogen-bond donors (Lipinski definition) is 2. The van der Waals surface area contributed by atoms with Gasteiger partial charge in [0, 0.05) is 13.0 Å². The van der Waals surface area contributed by atoms with E-state index in [2.05, 4.69) is 19.2 Å². The van der Waals surface area contributed by atoms with E-state index in [4.69, 9.17) is 0 Å². The van der Waals surface area contributed by atoms with Gasteiger partial charge in [-0.15, -0.1) is 0 Å². The first-order valence-corrected chi connectivity index (χ1v) is 8.14. The van der Waals surface area contributed by atoms with E-state index in [9.17, 15) is 14.4 Å². The summed E-state index contributed by atoms with van der Waals surface area (Å²) in [5.74, 6) is -0.759. The molecule has 2 N–H and O–H groups in total. The normalized spacial score (nSPS) is 13.6. The smallest absolute Gasteiger partial charge is 0.261 e. The molecule has 0 bridgehead atoms. The van der Waals surface area contributed by atoms with E-state index in [1.54, 1.807) is 24.3 Å². The highest BCUT2D eigenvalue weighted by atomic mass is 16.2. The van der Waals surface area contributed by atoms with Crippen molar-refractivity contribution >= 4 is 17.7 Å². The van der Waals surface area contributed by atoms with E-state index in [1.807, 2.05) is 0 Å². The summed E-state index contributed by atoms with van der Waals surface area (Å²) in [6.45, 7) is 7.90. The molecule has 0 atom stereocenters. The molecule has 0 saturated heterocycles. The zero-order valence-corrected chi connectivity index (χ0v) is 13.7. The Hall–Kier alpha value is -2.21. The van der Waals surface area contributed by atoms with E-state index in [0.717, 1.165) is 24.5 Å². The first kappa shape index (κ1) is 17.1. The summed E-state index contributed by atoms with van der Waals surface area (Å²) < 4.78 is 0. The number of hydrogen-bond acceptors (Lipinski definition) is 3. The van der Waals surface area contributed by atoms with Gasteiger partial charge in [-0.3, -0.25) is 19.3 Å². The number of carbonyl (C=O) groups excluding carboxylic acids is 3. The number of fused-ring (bicyclic) bond motifs is 1. The molecular formula is C17H24N3O3+. The van der Waals surface area contributed by atoms with Crippen molar-refractivity contribution in [2.45, 2.75) is 20.3 Å².